The molecule has 0 unspecified atom stereocenters. The topological polar surface area (TPSA) is 55.1 Å². The molecule has 70 valence electrons. The van der Waals surface area contributed by atoms with Crippen molar-refractivity contribution in [2.45, 2.75) is 45.2 Å². The number of hydrogen-bond donors (Lipinski definition) is 2. The average Bonchev–Trinajstić information content (AvgIpc) is 2.33. The Hall–Kier alpha value is -0.570. The number of carbonyl (C=O) groups is 1. The highest BCUT2D eigenvalue weighted by atomic mass is 16.1. The third kappa shape index (κ3) is 2.21. The number of amides is 1. The molecule has 1 aliphatic carbocycles. The second-order valence-electron chi connectivity index (χ2n) is 3.87. The first-order valence-corrected chi connectivity index (χ1v) is 4.66. The zero-order valence-corrected chi connectivity index (χ0v) is 7.84. The normalized spacial score (nSPS) is 29.6. The summed E-state index contributed by atoms with van der Waals surface area (Å²) in [6.07, 6.45) is 3.17. The summed E-state index contributed by atoms with van der Waals surface area (Å²) >= 11 is 0. The molecule has 3 heteroatoms. The van der Waals surface area contributed by atoms with Crippen LogP contribution in [0.2, 0.25) is 0 Å². The van der Waals surface area contributed by atoms with Crippen molar-refractivity contribution in [3.63, 3.8) is 0 Å². The second-order valence-corrected chi connectivity index (χ2v) is 3.87. The lowest BCUT2D eigenvalue weighted by Gasteiger charge is -2.20. The van der Waals surface area contributed by atoms with Crippen molar-refractivity contribution in [3.8, 4) is 0 Å². The van der Waals surface area contributed by atoms with Crippen molar-refractivity contribution >= 4 is 5.91 Å². The quantitative estimate of drug-likeness (QED) is 0.653. The Balaban J connectivity index is 2.46. The zero-order chi connectivity index (χ0) is 9.14. The van der Waals surface area contributed by atoms with Crippen molar-refractivity contribution in [1.82, 2.24) is 5.32 Å². The summed E-state index contributed by atoms with van der Waals surface area (Å²) in [6.45, 7) is 4.19. The molecule has 3 N–H and O–H groups in total. The van der Waals surface area contributed by atoms with Crippen LogP contribution in [0, 0.1) is 5.92 Å². The summed E-state index contributed by atoms with van der Waals surface area (Å²) in [5.41, 5.74) is 5.28. The van der Waals surface area contributed by atoms with Gasteiger partial charge < -0.3 is 11.1 Å². The fourth-order valence-electron chi connectivity index (χ4n) is 1.93. The van der Waals surface area contributed by atoms with E-state index in [2.05, 4.69) is 19.2 Å². The molecule has 0 aromatic heterocycles. The minimum absolute atomic E-state index is 0.0624. The predicted molar refractivity (Wildman–Crippen MR) is 48.6 cm³/mol. The molecule has 0 bridgehead atoms. The minimum Gasteiger partial charge on any atom is -0.369 e. The molecule has 2 atom stereocenters. The van der Waals surface area contributed by atoms with Crippen molar-refractivity contribution < 1.29 is 4.79 Å². The Morgan fingerprint density at radius 2 is 2.17 bits per heavy atom. The molecule has 0 saturated heterocycles. The molecule has 0 radical (unpaired) electrons. The van der Waals surface area contributed by atoms with E-state index in [0.717, 1.165) is 19.3 Å². The van der Waals surface area contributed by atoms with Gasteiger partial charge in [-0.2, -0.15) is 0 Å². The highest BCUT2D eigenvalue weighted by molar-refractivity contribution is 5.77. The molecule has 1 amide bonds. The molecule has 0 aromatic rings. The summed E-state index contributed by atoms with van der Waals surface area (Å²) in [6, 6.07) is 0.762. The monoisotopic (exact) mass is 170 g/mol. The van der Waals surface area contributed by atoms with Crippen LogP contribution in [0.5, 0.6) is 0 Å². The standard InChI is InChI=1S/C9H18N2O/c1-6(2)11-8-5-3-4-7(8)9(10)12/h6-8,11H,3-5H2,1-2H3,(H2,10,12)/t7-,8+/m1/s1. The van der Waals surface area contributed by atoms with E-state index in [1.807, 2.05) is 0 Å². The fourth-order valence-corrected chi connectivity index (χ4v) is 1.93. The number of primary amides is 1. The lowest BCUT2D eigenvalue weighted by molar-refractivity contribution is -0.122. The van der Waals surface area contributed by atoms with Gasteiger partial charge in [0, 0.05) is 12.1 Å². The molecule has 0 aromatic carbocycles. The Morgan fingerprint density at radius 1 is 1.50 bits per heavy atom. The molecule has 0 spiro atoms. The van der Waals surface area contributed by atoms with Crippen molar-refractivity contribution in [3.05, 3.63) is 0 Å². The molecule has 1 rings (SSSR count). The number of nitrogens with one attached hydrogen (secondary N) is 1. The molecule has 1 fully saturated rings. The Labute approximate surface area is 73.7 Å². The van der Waals surface area contributed by atoms with Crippen LogP contribution < -0.4 is 11.1 Å². The van der Waals surface area contributed by atoms with Crippen LogP contribution in [0.4, 0.5) is 0 Å². The van der Waals surface area contributed by atoms with Crippen molar-refractivity contribution in [2.24, 2.45) is 11.7 Å². The lowest BCUT2D eigenvalue weighted by atomic mass is 10.0. The minimum atomic E-state index is -0.148. The van der Waals surface area contributed by atoms with Crippen LogP contribution in [0.1, 0.15) is 33.1 Å². The average molecular weight is 170 g/mol. The van der Waals surface area contributed by atoms with Gasteiger partial charge in [0.05, 0.1) is 5.92 Å². The Kier molecular flexibility index (Phi) is 3.09. The Bertz CT molecular complexity index is 168. The van der Waals surface area contributed by atoms with Gasteiger partial charge in [0.25, 0.3) is 0 Å². The van der Waals surface area contributed by atoms with Gasteiger partial charge in [0.15, 0.2) is 0 Å². The van der Waals surface area contributed by atoms with Crippen LogP contribution in [0.15, 0.2) is 0 Å². The smallest absolute Gasteiger partial charge is 0.222 e. The third-order valence-corrected chi connectivity index (χ3v) is 2.43. The van der Waals surface area contributed by atoms with E-state index in [0.29, 0.717) is 12.1 Å². The molecule has 0 heterocycles. The maximum absolute atomic E-state index is 11.0. The molecule has 12 heavy (non-hydrogen) atoms. The van der Waals surface area contributed by atoms with E-state index in [4.69, 9.17) is 5.73 Å². The molecule has 0 aliphatic heterocycles. The van der Waals surface area contributed by atoms with E-state index < -0.39 is 0 Å². The largest absolute Gasteiger partial charge is 0.369 e. The number of carbonyl (C=O) groups excluding carboxylic acids is 1. The van der Waals surface area contributed by atoms with E-state index in [1.54, 1.807) is 0 Å². The van der Waals surface area contributed by atoms with Crippen LogP contribution in [-0.2, 0) is 4.79 Å². The molecular weight excluding hydrogens is 152 g/mol. The number of nitrogens with two attached hydrogens (primary N) is 1. The third-order valence-electron chi connectivity index (χ3n) is 2.43. The van der Waals surface area contributed by atoms with E-state index in [-0.39, 0.29) is 11.8 Å². The molecular formula is C9H18N2O. The summed E-state index contributed by atoms with van der Waals surface area (Å²) in [4.78, 5) is 11.0. The van der Waals surface area contributed by atoms with Crippen molar-refractivity contribution in [2.75, 3.05) is 0 Å². The van der Waals surface area contributed by atoms with E-state index in [1.165, 1.54) is 0 Å². The van der Waals surface area contributed by atoms with E-state index >= 15 is 0 Å². The maximum atomic E-state index is 11.0. The highest BCUT2D eigenvalue weighted by Gasteiger charge is 2.31. The van der Waals surface area contributed by atoms with Gasteiger partial charge in [0.1, 0.15) is 0 Å². The highest BCUT2D eigenvalue weighted by Crippen LogP contribution is 2.25. The predicted octanol–water partition coefficient (Wildman–Crippen LogP) is 0.638. The Morgan fingerprint density at radius 3 is 2.67 bits per heavy atom. The van der Waals surface area contributed by atoms with Gasteiger partial charge in [-0.15, -0.1) is 0 Å². The lowest BCUT2D eigenvalue weighted by Crippen LogP contribution is -2.42. The summed E-state index contributed by atoms with van der Waals surface area (Å²) < 4.78 is 0. The van der Waals surface area contributed by atoms with Crippen LogP contribution in [0.3, 0.4) is 0 Å². The number of hydrogen-bond acceptors (Lipinski definition) is 2. The van der Waals surface area contributed by atoms with Crippen LogP contribution >= 0.6 is 0 Å². The van der Waals surface area contributed by atoms with Gasteiger partial charge in [-0.3, -0.25) is 4.79 Å². The first-order chi connectivity index (χ1) is 5.61. The van der Waals surface area contributed by atoms with Gasteiger partial charge in [-0.25, -0.2) is 0 Å². The summed E-state index contributed by atoms with van der Waals surface area (Å²) in [5, 5.41) is 3.37. The fraction of sp³-hybridized carbons (Fsp3) is 0.889. The van der Waals surface area contributed by atoms with Crippen LogP contribution in [0.25, 0.3) is 0 Å². The molecule has 3 nitrogen and oxygen atoms in total. The SMILES string of the molecule is CC(C)N[C@H]1CCC[C@H]1C(N)=O. The van der Waals surface area contributed by atoms with Crippen molar-refractivity contribution in [1.29, 1.82) is 0 Å². The van der Waals surface area contributed by atoms with Gasteiger partial charge in [-0.1, -0.05) is 20.3 Å². The van der Waals surface area contributed by atoms with Gasteiger partial charge in [0.2, 0.25) is 5.91 Å². The van der Waals surface area contributed by atoms with Gasteiger partial charge >= 0.3 is 0 Å². The van der Waals surface area contributed by atoms with Gasteiger partial charge in [-0.05, 0) is 12.8 Å². The van der Waals surface area contributed by atoms with Crippen LogP contribution in [-0.4, -0.2) is 18.0 Å². The summed E-state index contributed by atoms with van der Waals surface area (Å²) in [5.74, 6) is -0.0851. The molecule has 1 aliphatic rings. The maximum Gasteiger partial charge on any atom is 0.222 e. The number of rotatable bonds is 3. The molecule has 1 saturated carbocycles. The summed E-state index contributed by atoms with van der Waals surface area (Å²) in [7, 11) is 0. The first-order valence-electron chi connectivity index (χ1n) is 4.66. The first kappa shape index (κ1) is 9.52. The second kappa shape index (κ2) is 3.90. The zero-order valence-electron chi connectivity index (χ0n) is 7.84. The van der Waals surface area contributed by atoms with E-state index in [9.17, 15) is 4.79 Å².